The minimum Gasteiger partial charge on any atom is -0.274 e. The second kappa shape index (κ2) is 3.33. The normalized spacial score (nSPS) is 27.5. The molecule has 1 heterocycles. The molecule has 1 amide bonds. The summed E-state index contributed by atoms with van der Waals surface area (Å²) in [5.74, 6) is 1.42. The highest BCUT2D eigenvalue weighted by molar-refractivity contribution is 7.12. The Bertz CT molecular complexity index is 492. The molecule has 0 aromatic carbocycles. The fourth-order valence-corrected chi connectivity index (χ4v) is 4.34. The third kappa shape index (κ3) is 1.34. The van der Waals surface area contributed by atoms with Crippen LogP contribution in [0.5, 0.6) is 0 Å². The first kappa shape index (κ1) is 11.2. The lowest BCUT2D eigenvalue weighted by Gasteiger charge is -2.14. The Morgan fingerprint density at radius 2 is 2.29 bits per heavy atom. The van der Waals surface area contributed by atoms with Crippen LogP contribution >= 0.6 is 11.3 Å². The van der Waals surface area contributed by atoms with Crippen LogP contribution in [-0.2, 0) is 11.3 Å². The van der Waals surface area contributed by atoms with Crippen molar-refractivity contribution in [2.75, 3.05) is 14.2 Å². The van der Waals surface area contributed by atoms with Crippen LogP contribution in [-0.4, -0.2) is 25.1 Å². The second-order valence-corrected chi connectivity index (χ2v) is 6.47. The molecule has 0 saturated heterocycles. The van der Waals surface area contributed by atoms with Gasteiger partial charge >= 0.3 is 0 Å². The molecule has 4 heteroatoms. The van der Waals surface area contributed by atoms with E-state index in [-0.39, 0.29) is 5.91 Å². The number of hydrogen-bond acceptors (Lipinski definition) is 3. The first-order chi connectivity index (χ1) is 7.98. The molecule has 1 aromatic rings. The molecule has 0 spiro atoms. The van der Waals surface area contributed by atoms with Crippen LogP contribution in [0.25, 0.3) is 0 Å². The first-order valence-electron chi connectivity index (χ1n) is 5.91. The largest absolute Gasteiger partial charge is 0.287 e. The zero-order valence-corrected chi connectivity index (χ0v) is 11.4. The van der Waals surface area contributed by atoms with Gasteiger partial charge in [0.15, 0.2) is 0 Å². The van der Waals surface area contributed by atoms with Gasteiger partial charge in [0.05, 0.1) is 12.0 Å². The average molecular weight is 251 g/mol. The Labute approximate surface area is 105 Å². The van der Waals surface area contributed by atoms with Crippen LogP contribution in [0.3, 0.4) is 0 Å². The van der Waals surface area contributed by atoms with Crippen molar-refractivity contribution in [3.05, 3.63) is 21.4 Å². The number of rotatable bonds is 2. The molecule has 3 nitrogen and oxygen atoms in total. The monoisotopic (exact) mass is 251 g/mol. The molecule has 2 atom stereocenters. The maximum Gasteiger partial charge on any atom is 0.287 e. The Hall–Kier alpha value is -0.870. The third-order valence-corrected chi connectivity index (χ3v) is 5.52. The summed E-state index contributed by atoms with van der Waals surface area (Å²) >= 11 is 1.56. The molecule has 2 unspecified atom stereocenters. The van der Waals surface area contributed by atoms with Crippen LogP contribution in [0.4, 0.5) is 0 Å². The summed E-state index contributed by atoms with van der Waals surface area (Å²) in [5.41, 5.74) is 3.14. The number of fused-ring (bicyclic) bond motifs is 3. The van der Waals surface area contributed by atoms with Gasteiger partial charge in [-0.25, -0.2) is 5.06 Å². The molecule has 0 bridgehead atoms. The molecule has 1 fully saturated rings. The van der Waals surface area contributed by atoms with Crippen molar-refractivity contribution >= 4 is 17.2 Å². The van der Waals surface area contributed by atoms with Crippen LogP contribution in [0.1, 0.15) is 40.6 Å². The average Bonchev–Trinajstić information content (AvgIpc) is 2.70. The van der Waals surface area contributed by atoms with Gasteiger partial charge in [-0.2, -0.15) is 0 Å². The predicted octanol–water partition coefficient (Wildman–Crippen LogP) is 2.68. The van der Waals surface area contributed by atoms with Gasteiger partial charge in [0.1, 0.15) is 0 Å². The predicted molar refractivity (Wildman–Crippen MR) is 67.1 cm³/mol. The molecular formula is C13H17NO2S. The summed E-state index contributed by atoms with van der Waals surface area (Å²) in [4.78, 5) is 17.9. The van der Waals surface area contributed by atoms with Crippen molar-refractivity contribution in [1.82, 2.24) is 5.06 Å². The Balaban J connectivity index is 1.93. The van der Waals surface area contributed by atoms with E-state index in [1.54, 1.807) is 18.4 Å². The van der Waals surface area contributed by atoms with Crippen LogP contribution in [0, 0.1) is 11.3 Å². The highest BCUT2D eigenvalue weighted by atomic mass is 32.1. The molecule has 0 N–H and O–H groups in total. The van der Waals surface area contributed by atoms with Gasteiger partial charge in [-0.05, 0) is 40.2 Å². The Morgan fingerprint density at radius 1 is 1.59 bits per heavy atom. The molecule has 17 heavy (non-hydrogen) atoms. The second-order valence-electron chi connectivity index (χ2n) is 5.59. The van der Waals surface area contributed by atoms with E-state index >= 15 is 0 Å². The molecule has 2 aliphatic rings. The van der Waals surface area contributed by atoms with E-state index in [9.17, 15) is 4.79 Å². The Kier molecular flexibility index (Phi) is 2.20. The fraction of sp³-hybridized carbons (Fsp3) is 0.615. The number of carbonyl (C=O) groups is 1. The van der Waals surface area contributed by atoms with Crippen LogP contribution in [0.15, 0.2) is 5.38 Å². The van der Waals surface area contributed by atoms with Gasteiger partial charge in [-0.1, -0.05) is 13.8 Å². The number of thiophene rings is 1. The molecule has 92 valence electrons. The zero-order valence-electron chi connectivity index (χ0n) is 10.6. The molecule has 0 radical (unpaired) electrons. The SMILES string of the molecule is CON(C)C(=O)c1scc2c1CC1C2C1(C)C. The van der Waals surface area contributed by atoms with Gasteiger partial charge < -0.3 is 0 Å². The highest BCUT2D eigenvalue weighted by Crippen LogP contribution is 2.71. The van der Waals surface area contributed by atoms with Crippen molar-refractivity contribution in [3.8, 4) is 0 Å². The Morgan fingerprint density at radius 3 is 2.94 bits per heavy atom. The van der Waals surface area contributed by atoms with E-state index in [0.29, 0.717) is 11.3 Å². The van der Waals surface area contributed by atoms with Crippen molar-refractivity contribution < 1.29 is 9.63 Å². The van der Waals surface area contributed by atoms with Crippen LogP contribution in [0.2, 0.25) is 0 Å². The van der Waals surface area contributed by atoms with Gasteiger partial charge in [-0.15, -0.1) is 11.3 Å². The smallest absolute Gasteiger partial charge is 0.274 e. The van der Waals surface area contributed by atoms with E-state index in [1.807, 2.05) is 0 Å². The zero-order chi connectivity index (χ0) is 12.4. The van der Waals surface area contributed by atoms with Gasteiger partial charge in [0.2, 0.25) is 0 Å². The molecular weight excluding hydrogens is 234 g/mol. The first-order valence-corrected chi connectivity index (χ1v) is 6.79. The molecule has 3 rings (SSSR count). The van der Waals surface area contributed by atoms with Crippen molar-refractivity contribution in [2.24, 2.45) is 11.3 Å². The number of nitrogens with zero attached hydrogens (tertiary/aromatic N) is 1. The lowest BCUT2D eigenvalue weighted by atomic mass is 9.96. The van der Waals surface area contributed by atoms with E-state index < -0.39 is 0 Å². The summed E-state index contributed by atoms with van der Waals surface area (Å²) in [5, 5.41) is 3.48. The van der Waals surface area contributed by atoms with E-state index in [1.165, 1.54) is 23.3 Å². The number of carbonyl (C=O) groups excluding carboxylic acids is 1. The maximum atomic E-state index is 12.1. The van der Waals surface area contributed by atoms with E-state index in [0.717, 1.165) is 17.2 Å². The quantitative estimate of drug-likeness (QED) is 0.756. The topological polar surface area (TPSA) is 29.5 Å². The number of amides is 1. The van der Waals surface area contributed by atoms with Gasteiger partial charge in [-0.3, -0.25) is 9.63 Å². The van der Waals surface area contributed by atoms with Crippen molar-refractivity contribution in [2.45, 2.75) is 26.2 Å². The lowest BCUT2D eigenvalue weighted by molar-refractivity contribution is -0.0754. The third-order valence-electron chi connectivity index (χ3n) is 4.49. The summed E-state index contributed by atoms with van der Waals surface area (Å²) < 4.78 is 0. The minimum absolute atomic E-state index is 0.0159. The van der Waals surface area contributed by atoms with E-state index in [4.69, 9.17) is 4.84 Å². The minimum atomic E-state index is -0.0159. The highest BCUT2D eigenvalue weighted by Gasteiger charge is 2.62. The maximum absolute atomic E-state index is 12.1. The van der Waals surface area contributed by atoms with Gasteiger partial charge in [0, 0.05) is 7.05 Å². The summed E-state index contributed by atoms with van der Waals surface area (Å²) in [7, 11) is 3.18. The van der Waals surface area contributed by atoms with Crippen molar-refractivity contribution in [1.29, 1.82) is 0 Å². The fourth-order valence-electron chi connectivity index (χ4n) is 3.24. The molecule has 0 aliphatic heterocycles. The summed E-state index contributed by atoms with van der Waals surface area (Å²) in [6, 6.07) is 0. The van der Waals surface area contributed by atoms with Gasteiger partial charge in [0.25, 0.3) is 5.91 Å². The lowest BCUT2D eigenvalue weighted by Crippen LogP contribution is -2.25. The molecule has 2 aliphatic carbocycles. The standard InChI is InChI=1S/C13H17NO2S/c1-13(2)9-5-7-8(10(9)13)6-17-11(7)12(15)14(3)16-4/h6,9-10H,5H2,1-4H3. The number of hydroxylamine groups is 2. The van der Waals surface area contributed by atoms with E-state index in [2.05, 4.69) is 19.2 Å². The molecule has 1 saturated carbocycles. The van der Waals surface area contributed by atoms with Crippen LogP contribution < -0.4 is 0 Å². The summed E-state index contributed by atoms with van der Waals surface area (Å²) in [6.45, 7) is 4.65. The number of hydrogen-bond donors (Lipinski definition) is 0. The van der Waals surface area contributed by atoms with Crippen molar-refractivity contribution in [3.63, 3.8) is 0 Å². The molecule has 1 aromatic heterocycles. The summed E-state index contributed by atoms with van der Waals surface area (Å²) in [6.07, 6.45) is 1.06.